The average Bonchev–Trinajstić information content (AvgIpc) is 3.00. The normalized spacial score (nSPS) is 13.0. The molecule has 2 unspecified atom stereocenters. The van der Waals surface area contributed by atoms with Crippen LogP contribution in [0.1, 0.15) is 174 Å². The highest BCUT2D eigenvalue weighted by molar-refractivity contribution is 5.70. The summed E-state index contributed by atoms with van der Waals surface area (Å²) in [6.45, 7) is 4.63. The fourth-order valence-corrected chi connectivity index (χ4v) is 5.72. The van der Waals surface area contributed by atoms with Gasteiger partial charge in [0, 0.05) is 19.3 Å². The van der Waals surface area contributed by atoms with E-state index in [0.29, 0.717) is 12.8 Å². The van der Waals surface area contributed by atoms with Crippen molar-refractivity contribution in [2.45, 2.75) is 187 Å². The van der Waals surface area contributed by atoms with Crippen LogP contribution < -0.4 is 5.11 Å². The number of hydrogen-bond acceptors (Lipinski definition) is 7. The molecule has 0 rings (SSSR count). The molecule has 46 heavy (non-hydrogen) atoms. The summed E-state index contributed by atoms with van der Waals surface area (Å²) in [6.07, 6.45) is 27.0. The van der Waals surface area contributed by atoms with Crippen LogP contribution in [-0.4, -0.2) is 75.5 Å². The van der Waals surface area contributed by atoms with E-state index in [4.69, 9.17) is 14.2 Å². The van der Waals surface area contributed by atoms with Gasteiger partial charge in [0.05, 0.1) is 40.3 Å². The molecule has 0 bridgehead atoms. The second-order valence-corrected chi connectivity index (χ2v) is 14.2. The highest BCUT2D eigenvalue weighted by Crippen LogP contribution is 2.15. The molecule has 8 nitrogen and oxygen atoms in total. The zero-order chi connectivity index (χ0) is 34.3. The van der Waals surface area contributed by atoms with Gasteiger partial charge in [0.2, 0.25) is 0 Å². The fourth-order valence-electron chi connectivity index (χ4n) is 5.72. The third-order valence-electron chi connectivity index (χ3n) is 8.74. The minimum absolute atomic E-state index is 0.0478. The van der Waals surface area contributed by atoms with Gasteiger partial charge in [-0.2, -0.15) is 0 Å². The van der Waals surface area contributed by atoms with Gasteiger partial charge in [-0.25, -0.2) is 0 Å². The maximum Gasteiger partial charge on any atom is 0.306 e. The molecule has 0 N–H and O–H groups in total. The number of aliphatic carboxylic acids is 1. The number of carbonyl (C=O) groups is 3. The van der Waals surface area contributed by atoms with E-state index in [9.17, 15) is 19.5 Å². The van der Waals surface area contributed by atoms with Crippen LogP contribution in [0.3, 0.4) is 0 Å². The molecule has 0 saturated carbocycles. The number of rotatable bonds is 34. The summed E-state index contributed by atoms with van der Waals surface area (Å²) in [5, 5.41) is 11.5. The van der Waals surface area contributed by atoms with Crippen LogP contribution in [0, 0.1) is 0 Å². The second-order valence-electron chi connectivity index (χ2n) is 14.2. The molecule has 0 amide bonds. The molecule has 0 saturated heterocycles. The topological polar surface area (TPSA) is 102 Å². The number of carboxylic acid groups (broad SMARTS) is 1. The third-order valence-corrected chi connectivity index (χ3v) is 8.74. The molecule has 272 valence electrons. The van der Waals surface area contributed by atoms with E-state index >= 15 is 0 Å². The Bertz CT molecular complexity index is 737. The summed E-state index contributed by atoms with van der Waals surface area (Å²) in [6, 6.07) is -0.717. The van der Waals surface area contributed by atoms with Crippen molar-refractivity contribution >= 4 is 17.9 Å². The predicted octanol–water partition coefficient (Wildman–Crippen LogP) is 8.08. The van der Waals surface area contributed by atoms with Crippen molar-refractivity contribution in [3.05, 3.63) is 0 Å². The Balaban J connectivity index is 4.33. The number of esters is 2. The van der Waals surface area contributed by atoms with Gasteiger partial charge in [-0.05, 0) is 12.8 Å². The SMILES string of the molecule is CCCCCCCCCCCCCCCCC(=O)OCC(COCCC(C(=O)[O-])[N+](C)(C)C)OC(=O)CCCCCCCCCC. The molecular weight excluding hydrogens is 582 g/mol. The predicted molar refractivity (Wildman–Crippen MR) is 185 cm³/mol. The minimum atomic E-state index is -1.12. The lowest BCUT2D eigenvalue weighted by atomic mass is 10.0. The van der Waals surface area contributed by atoms with E-state index < -0.39 is 18.1 Å². The van der Waals surface area contributed by atoms with Crippen LogP contribution in [0.5, 0.6) is 0 Å². The van der Waals surface area contributed by atoms with E-state index in [-0.39, 0.29) is 42.7 Å². The van der Waals surface area contributed by atoms with Crippen LogP contribution in [0.15, 0.2) is 0 Å². The molecule has 0 spiro atoms. The van der Waals surface area contributed by atoms with Gasteiger partial charge >= 0.3 is 11.9 Å². The standard InChI is InChI=1S/C38H73NO7/c1-6-8-10-12-14-16-17-18-19-20-21-23-24-26-28-36(40)45-33-34(32-44-31-30-35(38(42)43)39(3,4)5)46-37(41)29-27-25-22-15-13-11-9-7-2/h34-35H,6-33H2,1-5H3. The van der Waals surface area contributed by atoms with Gasteiger partial charge in [-0.15, -0.1) is 0 Å². The summed E-state index contributed by atoms with van der Waals surface area (Å²) in [7, 11) is 5.40. The fraction of sp³-hybridized carbons (Fsp3) is 0.921. The van der Waals surface area contributed by atoms with Crippen molar-refractivity contribution in [2.75, 3.05) is 41.0 Å². The quantitative estimate of drug-likeness (QED) is 0.0392. The van der Waals surface area contributed by atoms with E-state index in [1.807, 2.05) is 0 Å². The second kappa shape index (κ2) is 30.7. The van der Waals surface area contributed by atoms with Gasteiger partial charge in [-0.3, -0.25) is 9.59 Å². The number of likely N-dealkylation sites (N-methyl/N-ethyl adjacent to an activating group) is 1. The van der Waals surface area contributed by atoms with Crippen LogP contribution in [0.25, 0.3) is 0 Å². The van der Waals surface area contributed by atoms with Gasteiger partial charge in [-0.1, -0.05) is 142 Å². The Morgan fingerprint density at radius 2 is 0.957 bits per heavy atom. The Kier molecular flexibility index (Phi) is 29.5. The van der Waals surface area contributed by atoms with Gasteiger partial charge in [0.15, 0.2) is 6.10 Å². The minimum Gasteiger partial charge on any atom is -0.544 e. The molecular formula is C38H73NO7. The van der Waals surface area contributed by atoms with Crippen LogP contribution in [0.4, 0.5) is 0 Å². The first-order valence-electron chi connectivity index (χ1n) is 19.1. The molecule has 0 heterocycles. The van der Waals surface area contributed by atoms with Crippen molar-refractivity contribution in [1.29, 1.82) is 0 Å². The molecule has 8 heteroatoms. The van der Waals surface area contributed by atoms with Crippen LogP contribution >= 0.6 is 0 Å². The molecule has 0 aromatic carbocycles. The lowest BCUT2D eigenvalue weighted by Gasteiger charge is -2.34. The van der Waals surface area contributed by atoms with E-state index in [2.05, 4.69) is 13.8 Å². The third kappa shape index (κ3) is 28.5. The summed E-state index contributed by atoms with van der Waals surface area (Å²) in [5.41, 5.74) is 0. The largest absolute Gasteiger partial charge is 0.544 e. The molecule has 0 aliphatic carbocycles. The van der Waals surface area contributed by atoms with E-state index in [0.717, 1.165) is 38.5 Å². The Morgan fingerprint density at radius 3 is 1.35 bits per heavy atom. The molecule has 0 aromatic rings. The number of quaternary nitrogens is 1. The first kappa shape index (κ1) is 44.3. The first-order chi connectivity index (χ1) is 22.1. The number of carbonyl (C=O) groups excluding carboxylic acids is 3. The summed E-state index contributed by atoms with van der Waals surface area (Å²) in [4.78, 5) is 36.5. The summed E-state index contributed by atoms with van der Waals surface area (Å²) in [5.74, 6) is -1.73. The Labute approximate surface area is 283 Å². The maximum absolute atomic E-state index is 12.5. The number of unbranched alkanes of at least 4 members (excludes halogenated alkanes) is 20. The van der Waals surface area contributed by atoms with Crippen molar-refractivity contribution < 1.29 is 38.2 Å². The molecule has 2 atom stereocenters. The molecule has 0 radical (unpaired) electrons. The van der Waals surface area contributed by atoms with Crippen LogP contribution in [-0.2, 0) is 28.6 Å². The van der Waals surface area contributed by atoms with Crippen LogP contribution in [0.2, 0.25) is 0 Å². The molecule has 0 aliphatic rings. The maximum atomic E-state index is 12.5. The van der Waals surface area contributed by atoms with Crippen molar-refractivity contribution in [2.24, 2.45) is 0 Å². The summed E-state index contributed by atoms with van der Waals surface area (Å²) >= 11 is 0. The number of hydrogen-bond donors (Lipinski definition) is 0. The number of nitrogens with zero attached hydrogens (tertiary/aromatic N) is 1. The van der Waals surface area contributed by atoms with Crippen molar-refractivity contribution in [3.8, 4) is 0 Å². The van der Waals surface area contributed by atoms with Gasteiger partial charge in [0.25, 0.3) is 0 Å². The smallest absolute Gasteiger partial charge is 0.306 e. The zero-order valence-corrected chi connectivity index (χ0v) is 30.8. The Hall–Kier alpha value is -1.67. The lowest BCUT2D eigenvalue weighted by Crippen LogP contribution is -2.55. The molecule has 0 aliphatic heterocycles. The number of carboxylic acids is 1. The monoisotopic (exact) mass is 656 g/mol. The summed E-state index contributed by atoms with van der Waals surface area (Å²) < 4.78 is 17.0. The van der Waals surface area contributed by atoms with E-state index in [1.165, 1.54) is 103 Å². The number of ether oxygens (including phenoxy) is 3. The van der Waals surface area contributed by atoms with Gasteiger partial charge in [0.1, 0.15) is 12.6 Å². The van der Waals surface area contributed by atoms with E-state index in [1.54, 1.807) is 21.1 Å². The van der Waals surface area contributed by atoms with Crippen molar-refractivity contribution in [3.63, 3.8) is 0 Å². The Morgan fingerprint density at radius 1 is 0.565 bits per heavy atom. The van der Waals surface area contributed by atoms with Gasteiger partial charge < -0.3 is 28.6 Å². The first-order valence-corrected chi connectivity index (χ1v) is 19.1. The molecule has 0 fully saturated rings. The highest BCUT2D eigenvalue weighted by Gasteiger charge is 2.25. The highest BCUT2D eigenvalue weighted by atomic mass is 16.6. The molecule has 0 aromatic heterocycles. The van der Waals surface area contributed by atoms with Crippen molar-refractivity contribution in [1.82, 2.24) is 0 Å². The zero-order valence-electron chi connectivity index (χ0n) is 30.8. The average molecular weight is 656 g/mol. The lowest BCUT2D eigenvalue weighted by molar-refractivity contribution is -0.889.